The van der Waals surface area contributed by atoms with Crippen LogP contribution in [0, 0.1) is 0 Å². The molecule has 0 saturated carbocycles. The average Bonchev–Trinajstić information content (AvgIpc) is 2.48. The van der Waals surface area contributed by atoms with Gasteiger partial charge in [-0.2, -0.15) is 0 Å². The predicted octanol–water partition coefficient (Wildman–Crippen LogP) is 2.81. The van der Waals surface area contributed by atoms with Crippen molar-refractivity contribution < 1.29 is 4.74 Å². The predicted molar refractivity (Wildman–Crippen MR) is 79.8 cm³/mol. The number of nitrogen functional groups attached to an aromatic ring is 1. The fraction of sp³-hybridized carbons (Fsp3) is 0.125. The topological polar surface area (TPSA) is 61.0 Å². The third-order valence-electron chi connectivity index (χ3n) is 3.28. The molecule has 3 aromatic rings. The van der Waals surface area contributed by atoms with E-state index in [2.05, 4.69) is 9.97 Å². The first kappa shape index (κ1) is 12.4. The monoisotopic (exact) mass is 265 g/mol. The molecule has 0 spiro atoms. The summed E-state index contributed by atoms with van der Waals surface area (Å²) in [6.07, 6.45) is 2.41. The number of para-hydroxylation sites is 1. The van der Waals surface area contributed by atoms with E-state index in [9.17, 15) is 0 Å². The van der Waals surface area contributed by atoms with Gasteiger partial charge in [-0.25, -0.2) is 9.97 Å². The number of fused-ring (bicyclic) bond motifs is 1. The van der Waals surface area contributed by atoms with Gasteiger partial charge in [-0.15, -0.1) is 0 Å². The van der Waals surface area contributed by atoms with E-state index in [0.717, 1.165) is 22.3 Å². The SMILES string of the molecule is COc1ccccc1Cc1cc2cccnc2nc1N. The summed E-state index contributed by atoms with van der Waals surface area (Å²) in [5.41, 5.74) is 8.78. The lowest BCUT2D eigenvalue weighted by Gasteiger charge is -2.10. The van der Waals surface area contributed by atoms with Crippen LogP contribution in [0.3, 0.4) is 0 Å². The Morgan fingerprint density at radius 2 is 1.95 bits per heavy atom. The first-order valence-corrected chi connectivity index (χ1v) is 6.40. The molecule has 0 bridgehead atoms. The molecule has 2 N–H and O–H groups in total. The summed E-state index contributed by atoms with van der Waals surface area (Å²) in [5.74, 6) is 1.38. The zero-order valence-corrected chi connectivity index (χ0v) is 11.2. The average molecular weight is 265 g/mol. The molecule has 4 nitrogen and oxygen atoms in total. The molecule has 0 fully saturated rings. The summed E-state index contributed by atoms with van der Waals surface area (Å²) < 4.78 is 5.37. The summed E-state index contributed by atoms with van der Waals surface area (Å²) in [6, 6.07) is 13.8. The molecule has 2 heterocycles. The van der Waals surface area contributed by atoms with Crippen molar-refractivity contribution >= 4 is 16.9 Å². The van der Waals surface area contributed by atoms with E-state index in [1.165, 1.54) is 0 Å². The molecular weight excluding hydrogens is 250 g/mol. The lowest BCUT2D eigenvalue weighted by Crippen LogP contribution is -2.01. The molecule has 0 aliphatic heterocycles. The molecule has 0 unspecified atom stereocenters. The van der Waals surface area contributed by atoms with Gasteiger partial charge in [0.05, 0.1) is 7.11 Å². The van der Waals surface area contributed by atoms with E-state index >= 15 is 0 Å². The van der Waals surface area contributed by atoms with E-state index < -0.39 is 0 Å². The summed E-state index contributed by atoms with van der Waals surface area (Å²) in [6.45, 7) is 0. The number of ether oxygens (including phenoxy) is 1. The molecule has 0 aliphatic carbocycles. The maximum Gasteiger partial charge on any atom is 0.161 e. The van der Waals surface area contributed by atoms with E-state index in [1.54, 1.807) is 13.3 Å². The number of methoxy groups -OCH3 is 1. The second-order valence-electron chi connectivity index (χ2n) is 4.57. The van der Waals surface area contributed by atoms with Crippen molar-refractivity contribution in [3.05, 3.63) is 59.8 Å². The number of rotatable bonds is 3. The Kier molecular flexibility index (Phi) is 3.21. The quantitative estimate of drug-likeness (QED) is 0.791. The molecule has 0 atom stereocenters. The number of nitrogens with zero attached hydrogens (tertiary/aromatic N) is 2. The van der Waals surface area contributed by atoms with Crippen LogP contribution in [-0.4, -0.2) is 17.1 Å². The third-order valence-corrected chi connectivity index (χ3v) is 3.28. The number of nitrogens with two attached hydrogens (primary N) is 1. The number of hydrogen-bond acceptors (Lipinski definition) is 4. The zero-order chi connectivity index (χ0) is 13.9. The van der Waals surface area contributed by atoms with Crippen LogP contribution in [0.5, 0.6) is 5.75 Å². The van der Waals surface area contributed by atoms with Gasteiger partial charge in [0.2, 0.25) is 0 Å². The van der Waals surface area contributed by atoms with Crippen LogP contribution in [0.4, 0.5) is 5.82 Å². The summed E-state index contributed by atoms with van der Waals surface area (Å²) >= 11 is 0. The second kappa shape index (κ2) is 5.17. The largest absolute Gasteiger partial charge is 0.496 e. The smallest absolute Gasteiger partial charge is 0.161 e. The van der Waals surface area contributed by atoms with Crippen LogP contribution in [0.1, 0.15) is 11.1 Å². The van der Waals surface area contributed by atoms with Crippen molar-refractivity contribution in [3.63, 3.8) is 0 Å². The van der Waals surface area contributed by atoms with Crippen LogP contribution in [0.25, 0.3) is 11.0 Å². The Hall–Kier alpha value is -2.62. The normalized spacial score (nSPS) is 10.7. The lowest BCUT2D eigenvalue weighted by atomic mass is 10.0. The van der Waals surface area contributed by atoms with Gasteiger partial charge < -0.3 is 10.5 Å². The van der Waals surface area contributed by atoms with Gasteiger partial charge in [0.15, 0.2) is 5.65 Å². The van der Waals surface area contributed by atoms with Gasteiger partial charge in [-0.05, 0) is 35.4 Å². The number of aromatic nitrogens is 2. The third kappa shape index (κ3) is 2.28. The zero-order valence-electron chi connectivity index (χ0n) is 11.2. The highest BCUT2D eigenvalue weighted by atomic mass is 16.5. The summed E-state index contributed by atoms with van der Waals surface area (Å²) in [7, 11) is 1.67. The molecule has 3 rings (SSSR count). The lowest BCUT2D eigenvalue weighted by molar-refractivity contribution is 0.410. The van der Waals surface area contributed by atoms with Gasteiger partial charge in [0.25, 0.3) is 0 Å². The highest BCUT2D eigenvalue weighted by molar-refractivity contribution is 5.77. The van der Waals surface area contributed by atoms with Crippen molar-refractivity contribution in [1.29, 1.82) is 0 Å². The molecule has 0 saturated heterocycles. The van der Waals surface area contributed by atoms with Crippen LogP contribution < -0.4 is 10.5 Å². The minimum absolute atomic E-state index is 0.516. The molecule has 1 aromatic carbocycles. The molecule has 2 aromatic heterocycles. The molecule has 0 aliphatic rings. The first-order chi connectivity index (χ1) is 9.78. The Labute approximate surface area is 117 Å². The molecule has 4 heteroatoms. The summed E-state index contributed by atoms with van der Waals surface area (Å²) in [4.78, 5) is 8.56. The standard InChI is InChI=1S/C16H15N3O/c1-20-14-7-3-2-5-11(14)9-13-10-12-6-4-8-18-16(12)19-15(13)17/h2-8,10H,9H2,1H3,(H2,17,18,19). The Balaban J connectivity index is 2.04. The van der Waals surface area contributed by atoms with Crippen molar-refractivity contribution in [1.82, 2.24) is 9.97 Å². The van der Waals surface area contributed by atoms with Gasteiger partial charge in [-0.1, -0.05) is 18.2 Å². The highest BCUT2D eigenvalue weighted by Gasteiger charge is 2.08. The van der Waals surface area contributed by atoms with E-state index in [1.807, 2.05) is 42.5 Å². The van der Waals surface area contributed by atoms with E-state index in [4.69, 9.17) is 10.5 Å². The van der Waals surface area contributed by atoms with Crippen LogP contribution in [0.15, 0.2) is 48.7 Å². The van der Waals surface area contributed by atoms with Gasteiger partial charge in [-0.3, -0.25) is 0 Å². The minimum Gasteiger partial charge on any atom is -0.496 e. The Morgan fingerprint density at radius 1 is 1.10 bits per heavy atom. The minimum atomic E-state index is 0.516. The van der Waals surface area contributed by atoms with Crippen molar-refractivity contribution in [2.75, 3.05) is 12.8 Å². The highest BCUT2D eigenvalue weighted by Crippen LogP contribution is 2.24. The molecule has 0 amide bonds. The van der Waals surface area contributed by atoms with E-state index in [0.29, 0.717) is 17.9 Å². The maximum absolute atomic E-state index is 6.03. The van der Waals surface area contributed by atoms with Gasteiger partial charge in [0.1, 0.15) is 11.6 Å². The van der Waals surface area contributed by atoms with Crippen molar-refractivity contribution in [3.8, 4) is 5.75 Å². The number of benzene rings is 1. The first-order valence-electron chi connectivity index (χ1n) is 6.40. The fourth-order valence-corrected chi connectivity index (χ4v) is 2.26. The van der Waals surface area contributed by atoms with Gasteiger partial charge in [0, 0.05) is 18.0 Å². The number of hydrogen-bond donors (Lipinski definition) is 1. The van der Waals surface area contributed by atoms with Gasteiger partial charge >= 0.3 is 0 Å². The fourth-order valence-electron chi connectivity index (χ4n) is 2.26. The molecule has 20 heavy (non-hydrogen) atoms. The van der Waals surface area contributed by atoms with E-state index in [-0.39, 0.29) is 0 Å². The van der Waals surface area contributed by atoms with Crippen LogP contribution in [-0.2, 0) is 6.42 Å². The van der Waals surface area contributed by atoms with Crippen LogP contribution >= 0.6 is 0 Å². The Bertz CT molecular complexity index is 756. The number of anilines is 1. The van der Waals surface area contributed by atoms with Crippen molar-refractivity contribution in [2.24, 2.45) is 0 Å². The molecule has 100 valence electrons. The maximum atomic E-state index is 6.03. The molecule has 0 radical (unpaired) electrons. The second-order valence-corrected chi connectivity index (χ2v) is 4.57. The van der Waals surface area contributed by atoms with Crippen molar-refractivity contribution in [2.45, 2.75) is 6.42 Å². The Morgan fingerprint density at radius 3 is 2.80 bits per heavy atom. The van der Waals surface area contributed by atoms with Crippen LogP contribution in [0.2, 0.25) is 0 Å². The number of pyridine rings is 2. The molecular formula is C16H15N3O. The summed E-state index contributed by atoms with van der Waals surface area (Å²) in [5, 5.41) is 0.992.